The van der Waals surface area contributed by atoms with Crippen LogP contribution in [0.1, 0.15) is 13.8 Å². The summed E-state index contributed by atoms with van der Waals surface area (Å²) in [5.41, 5.74) is 1.68. The summed E-state index contributed by atoms with van der Waals surface area (Å²) < 4.78 is 0. The predicted molar refractivity (Wildman–Crippen MR) is 68.3 cm³/mol. The van der Waals surface area contributed by atoms with Crippen molar-refractivity contribution in [2.75, 3.05) is 5.75 Å². The number of halogens is 1. The van der Waals surface area contributed by atoms with E-state index in [1.807, 2.05) is 38.1 Å². The van der Waals surface area contributed by atoms with E-state index in [9.17, 15) is 4.79 Å². The molecule has 0 unspecified atom stereocenters. The Morgan fingerprint density at radius 3 is 2.81 bits per heavy atom. The Kier molecular flexibility index (Phi) is 4.65. The Hall–Kier alpha value is -0.710. The molecule has 0 aliphatic carbocycles. The number of rotatable bonds is 4. The lowest BCUT2D eigenvalue weighted by Gasteiger charge is -2.21. The molecule has 5 heteroatoms. The third-order valence-electron chi connectivity index (χ3n) is 2.14. The molecule has 0 bridgehead atoms. The Morgan fingerprint density at radius 2 is 2.25 bits per heavy atom. The molecule has 3 nitrogen and oxygen atoms in total. The summed E-state index contributed by atoms with van der Waals surface area (Å²) >= 11 is 7.46. The fraction of sp³-hybridized carbons (Fsp3) is 0.364. The highest BCUT2D eigenvalue weighted by Gasteiger charge is 2.26. The van der Waals surface area contributed by atoms with Gasteiger partial charge >= 0.3 is 0 Å². The van der Waals surface area contributed by atoms with Crippen LogP contribution in [0.15, 0.2) is 29.2 Å². The van der Waals surface area contributed by atoms with E-state index in [0.717, 1.165) is 4.90 Å². The first-order chi connectivity index (χ1) is 7.45. The van der Waals surface area contributed by atoms with Gasteiger partial charge in [0.05, 0.1) is 5.41 Å². The Balaban J connectivity index is 2.61. The highest BCUT2D eigenvalue weighted by atomic mass is 35.5. The molecular weight excluding hydrogens is 244 g/mol. The molecule has 1 aromatic rings. The average molecular weight is 259 g/mol. The van der Waals surface area contributed by atoms with Crippen molar-refractivity contribution >= 4 is 29.3 Å². The summed E-state index contributed by atoms with van der Waals surface area (Å²) in [4.78, 5) is 12.5. The zero-order valence-corrected chi connectivity index (χ0v) is 10.9. The van der Waals surface area contributed by atoms with Gasteiger partial charge in [0.15, 0.2) is 0 Å². The molecule has 0 fully saturated rings. The van der Waals surface area contributed by atoms with Crippen LogP contribution in [0, 0.1) is 5.41 Å². The lowest BCUT2D eigenvalue weighted by molar-refractivity contribution is -0.128. The number of carbonyl (C=O) groups is 1. The van der Waals surface area contributed by atoms with Gasteiger partial charge in [-0.15, -0.1) is 11.8 Å². The molecule has 0 atom stereocenters. The van der Waals surface area contributed by atoms with Gasteiger partial charge in [0.25, 0.3) is 0 Å². The van der Waals surface area contributed by atoms with Crippen LogP contribution >= 0.6 is 23.4 Å². The lowest BCUT2D eigenvalue weighted by Crippen LogP contribution is -2.42. The molecule has 0 spiro atoms. The highest BCUT2D eigenvalue weighted by Crippen LogP contribution is 2.28. The largest absolute Gasteiger partial charge is 0.294 e. The quantitative estimate of drug-likeness (QED) is 0.378. The number of nitrogens with two attached hydrogens (primary N) is 1. The van der Waals surface area contributed by atoms with Gasteiger partial charge < -0.3 is 0 Å². The number of amides is 1. The van der Waals surface area contributed by atoms with E-state index < -0.39 is 5.41 Å². The first-order valence-corrected chi connectivity index (χ1v) is 6.21. The molecule has 1 aromatic carbocycles. The van der Waals surface area contributed by atoms with Crippen molar-refractivity contribution in [2.45, 2.75) is 18.7 Å². The number of benzene rings is 1. The lowest BCUT2D eigenvalue weighted by atomic mass is 9.96. The SMILES string of the molecule is CC(C)(CSc1cccc(Cl)c1)C(=O)NN. The van der Waals surface area contributed by atoms with Crippen molar-refractivity contribution in [1.82, 2.24) is 5.43 Å². The van der Waals surface area contributed by atoms with Gasteiger partial charge in [-0.3, -0.25) is 10.2 Å². The molecule has 0 radical (unpaired) electrons. The van der Waals surface area contributed by atoms with Gasteiger partial charge in [-0.05, 0) is 18.2 Å². The van der Waals surface area contributed by atoms with Crippen molar-refractivity contribution in [3.63, 3.8) is 0 Å². The highest BCUT2D eigenvalue weighted by molar-refractivity contribution is 7.99. The van der Waals surface area contributed by atoms with Gasteiger partial charge in [-0.2, -0.15) is 0 Å². The van der Waals surface area contributed by atoms with E-state index in [1.54, 1.807) is 11.8 Å². The Labute approximate surface area is 105 Å². The number of thioether (sulfide) groups is 1. The topological polar surface area (TPSA) is 55.1 Å². The van der Waals surface area contributed by atoms with Crippen molar-refractivity contribution < 1.29 is 4.79 Å². The maximum absolute atomic E-state index is 11.4. The van der Waals surface area contributed by atoms with Crippen molar-refractivity contribution in [3.05, 3.63) is 29.3 Å². The minimum absolute atomic E-state index is 0.165. The molecule has 1 amide bonds. The van der Waals surface area contributed by atoms with E-state index >= 15 is 0 Å². The number of hydrogen-bond acceptors (Lipinski definition) is 3. The second-order valence-electron chi connectivity index (χ2n) is 4.10. The molecular formula is C11H15ClN2OS. The van der Waals surface area contributed by atoms with E-state index in [4.69, 9.17) is 17.4 Å². The van der Waals surface area contributed by atoms with Crippen LogP contribution in [0.25, 0.3) is 0 Å². The Bertz CT molecular complexity index is 382. The van der Waals surface area contributed by atoms with Gasteiger partial charge in [0.2, 0.25) is 5.91 Å². The number of hydrazine groups is 1. The zero-order valence-electron chi connectivity index (χ0n) is 9.29. The zero-order chi connectivity index (χ0) is 12.2. The second-order valence-corrected chi connectivity index (χ2v) is 5.59. The average Bonchev–Trinajstić information content (AvgIpc) is 2.25. The molecule has 1 rings (SSSR count). The molecule has 16 heavy (non-hydrogen) atoms. The summed E-state index contributed by atoms with van der Waals surface area (Å²) in [5.74, 6) is 5.61. The van der Waals surface area contributed by atoms with Crippen LogP contribution in [0.2, 0.25) is 5.02 Å². The molecule has 3 N–H and O–H groups in total. The van der Waals surface area contributed by atoms with Crippen LogP contribution in [-0.2, 0) is 4.79 Å². The van der Waals surface area contributed by atoms with Gasteiger partial charge in [-0.1, -0.05) is 31.5 Å². The monoisotopic (exact) mass is 258 g/mol. The predicted octanol–water partition coefficient (Wildman–Crippen LogP) is 2.45. The van der Waals surface area contributed by atoms with Crippen LogP contribution in [0.4, 0.5) is 0 Å². The smallest absolute Gasteiger partial charge is 0.240 e. The minimum atomic E-state index is -0.498. The van der Waals surface area contributed by atoms with Crippen LogP contribution < -0.4 is 11.3 Å². The number of nitrogens with one attached hydrogen (secondary N) is 1. The molecule has 0 aliphatic heterocycles. The van der Waals surface area contributed by atoms with Gasteiger partial charge in [0.1, 0.15) is 0 Å². The van der Waals surface area contributed by atoms with E-state index in [0.29, 0.717) is 10.8 Å². The third-order valence-corrected chi connectivity index (χ3v) is 3.83. The van der Waals surface area contributed by atoms with E-state index in [1.165, 1.54) is 0 Å². The van der Waals surface area contributed by atoms with Crippen LogP contribution in [0.5, 0.6) is 0 Å². The normalized spacial score (nSPS) is 11.2. The number of carbonyl (C=O) groups excluding carboxylic acids is 1. The summed E-state index contributed by atoms with van der Waals surface area (Å²) in [6.07, 6.45) is 0. The minimum Gasteiger partial charge on any atom is -0.294 e. The van der Waals surface area contributed by atoms with Crippen molar-refractivity contribution in [3.8, 4) is 0 Å². The standard InChI is InChI=1S/C11H15ClN2OS/c1-11(2,10(15)14-13)7-16-9-5-3-4-8(12)6-9/h3-6H,7,13H2,1-2H3,(H,14,15). The van der Waals surface area contributed by atoms with Crippen LogP contribution in [0.3, 0.4) is 0 Å². The third kappa shape index (κ3) is 3.70. The Morgan fingerprint density at radius 1 is 1.56 bits per heavy atom. The summed E-state index contributed by atoms with van der Waals surface area (Å²) in [6.45, 7) is 3.71. The summed E-state index contributed by atoms with van der Waals surface area (Å²) in [7, 11) is 0. The molecule has 0 saturated carbocycles. The first kappa shape index (κ1) is 13.4. The maximum atomic E-state index is 11.4. The van der Waals surface area contributed by atoms with E-state index in [-0.39, 0.29) is 5.91 Å². The summed E-state index contributed by atoms with van der Waals surface area (Å²) in [5, 5.41) is 0.700. The number of hydrogen-bond donors (Lipinski definition) is 2. The van der Waals surface area contributed by atoms with Gasteiger partial charge in [-0.25, -0.2) is 5.84 Å². The van der Waals surface area contributed by atoms with E-state index in [2.05, 4.69) is 5.43 Å². The van der Waals surface area contributed by atoms with Gasteiger partial charge in [0, 0.05) is 15.7 Å². The molecule has 0 aliphatic rings. The summed E-state index contributed by atoms with van der Waals surface area (Å²) in [6, 6.07) is 7.56. The van der Waals surface area contributed by atoms with Crippen LogP contribution in [-0.4, -0.2) is 11.7 Å². The van der Waals surface area contributed by atoms with Crippen molar-refractivity contribution in [1.29, 1.82) is 0 Å². The molecule has 0 aromatic heterocycles. The first-order valence-electron chi connectivity index (χ1n) is 4.85. The fourth-order valence-corrected chi connectivity index (χ4v) is 2.38. The van der Waals surface area contributed by atoms with Crippen molar-refractivity contribution in [2.24, 2.45) is 11.3 Å². The second kappa shape index (κ2) is 5.57. The fourth-order valence-electron chi connectivity index (χ4n) is 1.08. The molecule has 0 heterocycles. The molecule has 88 valence electrons. The molecule has 0 saturated heterocycles. The maximum Gasteiger partial charge on any atom is 0.240 e.